The molecule has 0 fully saturated rings. The Bertz CT molecular complexity index is 729. The number of unbranched alkanes of at least 4 members (excludes halogenated alkanes) is 6. The van der Waals surface area contributed by atoms with Crippen LogP contribution in [0.5, 0.6) is 0 Å². The molecule has 0 heterocycles. The minimum Gasteiger partial charge on any atom is -0.370 e. The molecule has 0 atom stereocenters. The van der Waals surface area contributed by atoms with Gasteiger partial charge >= 0.3 is 0 Å². The topological polar surface area (TPSA) is 219 Å². The number of nitrogens with two attached hydrogens (primary N) is 4. The highest BCUT2D eigenvalue weighted by Gasteiger charge is 2.14. The van der Waals surface area contributed by atoms with Gasteiger partial charge in [0.2, 0.25) is 17.7 Å². The Morgan fingerprint density at radius 3 is 1.59 bits per heavy atom. The molecule has 0 aromatic heterocycles. The standard InChI is InChI=1S/C28H58N10O3/c1-2-3-4-5-6-7-8-13-24(39)34-18-9-16-33-17-10-19-35-25(40)14-15-26(41)38(22-11-20-36-27(29)30)23-12-21-37-28(31)32/h33H,2-23H2,1H3,(H,34,39)(H,35,40)(H4,29,30,36)(H4,31,32,37). The van der Waals surface area contributed by atoms with Gasteiger partial charge in [-0.2, -0.15) is 0 Å². The zero-order chi connectivity index (χ0) is 30.6. The molecular formula is C28H58N10O3. The normalized spacial score (nSPS) is 10.6. The lowest BCUT2D eigenvalue weighted by Gasteiger charge is -2.22. The molecule has 3 amide bonds. The highest BCUT2D eigenvalue weighted by Crippen LogP contribution is 2.08. The van der Waals surface area contributed by atoms with Gasteiger partial charge in [-0.1, -0.05) is 45.4 Å². The number of rotatable bonds is 27. The van der Waals surface area contributed by atoms with Gasteiger partial charge in [-0.25, -0.2) is 0 Å². The van der Waals surface area contributed by atoms with E-state index in [9.17, 15) is 14.4 Å². The van der Waals surface area contributed by atoms with Gasteiger partial charge in [0.1, 0.15) is 0 Å². The molecule has 41 heavy (non-hydrogen) atoms. The molecule has 0 aromatic rings. The molecule has 238 valence electrons. The molecule has 0 aliphatic heterocycles. The number of aliphatic imine (C=N–C) groups is 2. The van der Waals surface area contributed by atoms with E-state index in [2.05, 4.69) is 32.9 Å². The summed E-state index contributed by atoms with van der Waals surface area (Å²) in [6.07, 6.45) is 12.2. The second-order valence-electron chi connectivity index (χ2n) is 10.2. The molecule has 0 saturated carbocycles. The third kappa shape index (κ3) is 26.9. The molecule has 13 heteroatoms. The first kappa shape index (κ1) is 37.9. The average Bonchev–Trinajstić information content (AvgIpc) is 2.93. The predicted molar refractivity (Wildman–Crippen MR) is 167 cm³/mol. The van der Waals surface area contributed by atoms with Crippen molar-refractivity contribution in [2.75, 3.05) is 52.4 Å². The van der Waals surface area contributed by atoms with Crippen molar-refractivity contribution in [1.82, 2.24) is 20.9 Å². The molecule has 0 spiro atoms. The monoisotopic (exact) mass is 582 g/mol. The molecule has 0 unspecified atom stereocenters. The summed E-state index contributed by atoms with van der Waals surface area (Å²) in [6, 6.07) is 0. The van der Waals surface area contributed by atoms with Crippen molar-refractivity contribution >= 4 is 29.6 Å². The van der Waals surface area contributed by atoms with Crippen molar-refractivity contribution in [3.05, 3.63) is 0 Å². The summed E-state index contributed by atoms with van der Waals surface area (Å²) in [5, 5.41) is 9.17. The Balaban J connectivity index is 3.90. The van der Waals surface area contributed by atoms with E-state index in [0.29, 0.717) is 58.5 Å². The maximum Gasteiger partial charge on any atom is 0.223 e. The van der Waals surface area contributed by atoms with Gasteiger partial charge in [-0.3, -0.25) is 24.4 Å². The minimum atomic E-state index is -0.150. The van der Waals surface area contributed by atoms with Crippen LogP contribution in [0.1, 0.15) is 96.8 Å². The maximum absolute atomic E-state index is 12.7. The number of carbonyl (C=O) groups is 3. The highest BCUT2D eigenvalue weighted by molar-refractivity contribution is 5.83. The van der Waals surface area contributed by atoms with Gasteiger partial charge in [-0.15, -0.1) is 0 Å². The van der Waals surface area contributed by atoms with E-state index < -0.39 is 0 Å². The van der Waals surface area contributed by atoms with Crippen LogP contribution in [0.25, 0.3) is 0 Å². The van der Waals surface area contributed by atoms with Crippen molar-refractivity contribution in [3.63, 3.8) is 0 Å². The summed E-state index contributed by atoms with van der Waals surface area (Å²) in [6.45, 7) is 6.80. The predicted octanol–water partition coefficient (Wildman–Crippen LogP) is 0.665. The van der Waals surface area contributed by atoms with Crippen LogP contribution >= 0.6 is 0 Å². The van der Waals surface area contributed by atoms with E-state index >= 15 is 0 Å². The Kier molecular flexibility index (Phi) is 25.1. The summed E-state index contributed by atoms with van der Waals surface area (Å²) in [4.78, 5) is 46.4. The molecule has 0 aliphatic rings. The SMILES string of the molecule is CCCCCCCCCC(=O)NCCCNCCCNC(=O)CCC(=O)N(CCCN=C(N)N)CCCN=C(N)N. The van der Waals surface area contributed by atoms with Crippen molar-refractivity contribution in [3.8, 4) is 0 Å². The third-order valence-electron chi connectivity index (χ3n) is 6.39. The van der Waals surface area contributed by atoms with E-state index in [1.807, 2.05) is 0 Å². The van der Waals surface area contributed by atoms with E-state index in [-0.39, 0.29) is 42.5 Å². The van der Waals surface area contributed by atoms with Crippen LogP contribution in [0, 0.1) is 0 Å². The number of hydrogen-bond donors (Lipinski definition) is 7. The van der Waals surface area contributed by atoms with Crippen LogP contribution in [-0.4, -0.2) is 86.9 Å². The lowest BCUT2D eigenvalue weighted by atomic mass is 10.1. The number of amides is 3. The fourth-order valence-electron chi connectivity index (χ4n) is 4.11. The third-order valence-corrected chi connectivity index (χ3v) is 6.39. The molecular weight excluding hydrogens is 524 g/mol. The summed E-state index contributed by atoms with van der Waals surface area (Å²) < 4.78 is 0. The van der Waals surface area contributed by atoms with E-state index in [1.165, 1.54) is 32.1 Å². The van der Waals surface area contributed by atoms with Gasteiger partial charge in [0.25, 0.3) is 0 Å². The van der Waals surface area contributed by atoms with Crippen molar-refractivity contribution < 1.29 is 14.4 Å². The molecule has 0 aromatic carbocycles. The van der Waals surface area contributed by atoms with Gasteiger partial charge in [0.15, 0.2) is 11.9 Å². The molecule has 11 N–H and O–H groups in total. The Morgan fingerprint density at radius 2 is 1.07 bits per heavy atom. The van der Waals surface area contributed by atoms with Crippen molar-refractivity contribution in [2.24, 2.45) is 32.9 Å². The van der Waals surface area contributed by atoms with Crippen molar-refractivity contribution in [2.45, 2.75) is 96.8 Å². The number of nitrogens with zero attached hydrogens (tertiary/aromatic N) is 3. The number of carbonyl (C=O) groups excluding carboxylic acids is 3. The highest BCUT2D eigenvalue weighted by atomic mass is 16.2. The van der Waals surface area contributed by atoms with Gasteiger partial charge < -0.3 is 43.8 Å². The lowest BCUT2D eigenvalue weighted by molar-refractivity contribution is -0.133. The van der Waals surface area contributed by atoms with Gasteiger partial charge in [0, 0.05) is 58.5 Å². The summed E-state index contributed by atoms with van der Waals surface area (Å²) in [7, 11) is 0. The zero-order valence-electron chi connectivity index (χ0n) is 25.4. The fourth-order valence-corrected chi connectivity index (χ4v) is 4.11. The minimum absolute atomic E-state index is 0.0142. The Labute approximate surface area is 247 Å². The van der Waals surface area contributed by atoms with Gasteiger partial charge in [0.05, 0.1) is 0 Å². The molecule has 0 bridgehead atoms. The van der Waals surface area contributed by atoms with E-state index in [1.54, 1.807) is 4.90 Å². The summed E-state index contributed by atoms with van der Waals surface area (Å²) in [5.41, 5.74) is 21.4. The molecule has 13 nitrogen and oxygen atoms in total. The van der Waals surface area contributed by atoms with Crippen molar-refractivity contribution in [1.29, 1.82) is 0 Å². The average molecular weight is 583 g/mol. The van der Waals surface area contributed by atoms with Crippen LogP contribution in [0.3, 0.4) is 0 Å². The smallest absolute Gasteiger partial charge is 0.223 e. The zero-order valence-corrected chi connectivity index (χ0v) is 25.4. The number of guanidine groups is 2. The fraction of sp³-hybridized carbons (Fsp3) is 0.821. The first-order chi connectivity index (χ1) is 19.8. The second-order valence-corrected chi connectivity index (χ2v) is 10.2. The van der Waals surface area contributed by atoms with Crippen LogP contribution in [-0.2, 0) is 14.4 Å². The molecule has 0 radical (unpaired) electrons. The molecule has 0 aliphatic carbocycles. The number of nitrogens with one attached hydrogen (secondary N) is 3. The summed E-state index contributed by atoms with van der Waals surface area (Å²) >= 11 is 0. The maximum atomic E-state index is 12.7. The quantitative estimate of drug-likeness (QED) is 0.0413. The Hall–Kier alpha value is -3.09. The lowest BCUT2D eigenvalue weighted by Crippen LogP contribution is -2.35. The van der Waals surface area contributed by atoms with Crippen LogP contribution in [0.4, 0.5) is 0 Å². The van der Waals surface area contributed by atoms with E-state index in [4.69, 9.17) is 22.9 Å². The van der Waals surface area contributed by atoms with Crippen LogP contribution in [0.15, 0.2) is 9.98 Å². The first-order valence-corrected chi connectivity index (χ1v) is 15.4. The van der Waals surface area contributed by atoms with Gasteiger partial charge in [-0.05, 0) is 45.2 Å². The van der Waals surface area contributed by atoms with Crippen LogP contribution < -0.4 is 38.9 Å². The second kappa shape index (κ2) is 27.1. The number of hydrogen-bond acceptors (Lipinski definition) is 6. The first-order valence-electron chi connectivity index (χ1n) is 15.4. The molecule has 0 saturated heterocycles. The van der Waals surface area contributed by atoms with Crippen LogP contribution in [0.2, 0.25) is 0 Å². The molecule has 0 rings (SSSR count). The van der Waals surface area contributed by atoms with E-state index in [0.717, 1.165) is 38.8 Å². The Morgan fingerprint density at radius 1 is 0.585 bits per heavy atom. The summed E-state index contributed by atoms with van der Waals surface area (Å²) in [5.74, 6) is -0.0887. The largest absolute Gasteiger partial charge is 0.370 e.